The molecule has 8 heteroatoms. The van der Waals surface area contributed by atoms with Crippen LogP contribution < -0.4 is 10.5 Å². The summed E-state index contributed by atoms with van der Waals surface area (Å²) in [5, 5.41) is 0. The summed E-state index contributed by atoms with van der Waals surface area (Å²) >= 11 is 2.98. The molecule has 1 unspecified atom stereocenters. The second-order valence-electron chi connectivity index (χ2n) is 5.08. The van der Waals surface area contributed by atoms with E-state index in [2.05, 4.69) is 32.5 Å². The third-order valence-corrected chi connectivity index (χ3v) is 5.84. The van der Waals surface area contributed by atoms with Gasteiger partial charge in [-0.3, -0.25) is 4.90 Å². The summed E-state index contributed by atoms with van der Waals surface area (Å²) in [6.07, 6.45) is 2.05. The predicted molar refractivity (Wildman–Crippen MR) is 84.0 cm³/mol. The Balaban J connectivity index is 2.14. The van der Waals surface area contributed by atoms with Crippen LogP contribution in [0.2, 0.25) is 0 Å². The summed E-state index contributed by atoms with van der Waals surface area (Å²) < 4.78 is 40.6. The predicted octanol–water partition coefficient (Wildman–Crippen LogP) is 1.93. The molecule has 0 aromatic heterocycles. The molecule has 1 fully saturated rings. The fourth-order valence-corrected chi connectivity index (χ4v) is 4.31. The van der Waals surface area contributed by atoms with E-state index in [4.69, 9.17) is 5.73 Å². The minimum Gasteiger partial charge on any atom is -0.398 e. The van der Waals surface area contributed by atoms with E-state index in [0.717, 1.165) is 32.0 Å². The molecule has 118 valence electrons. The minimum atomic E-state index is -3.75. The van der Waals surface area contributed by atoms with E-state index in [1.807, 2.05) is 0 Å². The normalized spacial score (nSPS) is 20.0. The molecule has 21 heavy (non-hydrogen) atoms. The molecule has 2 rings (SSSR count). The lowest BCUT2D eigenvalue weighted by Crippen LogP contribution is -2.40. The van der Waals surface area contributed by atoms with Gasteiger partial charge in [-0.15, -0.1) is 0 Å². The standard InChI is InChI=1S/C13H19BrFN3O2S/c1-2-18-5-3-4-9(18)8-17-21(19,20)13-6-10(14)11(15)7-12(13)16/h6-7,9,17H,2-5,8,16H2,1H3. The molecule has 0 spiro atoms. The molecular weight excluding hydrogens is 361 g/mol. The Morgan fingerprint density at radius 1 is 1.52 bits per heavy atom. The van der Waals surface area contributed by atoms with E-state index in [1.165, 1.54) is 6.07 Å². The van der Waals surface area contributed by atoms with Crippen LogP contribution in [0.5, 0.6) is 0 Å². The molecule has 1 aromatic carbocycles. The van der Waals surface area contributed by atoms with Crippen molar-refractivity contribution >= 4 is 31.6 Å². The van der Waals surface area contributed by atoms with Crippen LogP contribution in [-0.4, -0.2) is 39.0 Å². The van der Waals surface area contributed by atoms with Crippen LogP contribution >= 0.6 is 15.9 Å². The number of hydrogen-bond donors (Lipinski definition) is 2. The maximum Gasteiger partial charge on any atom is 0.242 e. The summed E-state index contributed by atoms with van der Waals surface area (Å²) in [4.78, 5) is 2.14. The van der Waals surface area contributed by atoms with Gasteiger partial charge in [-0.1, -0.05) is 6.92 Å². The van der Waals surface area contributed by atoms with Crippen molar-refractivity contribution in [1.82, 2.24) is 9.62 Å². The van der Waals surface area contributed by atoms with Crippen molar-refractivity contribution in [2.45, 2.75) is 30.7 Å². The number of rotatable bonds is 5. The lowest BCUT2D eigenvalue weighted by Gasteiger charge is -2.23. The monoisotopic (exact) mass is 379 g/mol. The lowest BCUT2D eigenvalue weighted by molar-refractivity contribution is 0.268. The van der Waals surface area contributed by atoms with Crippen LogP contribution in [0.15, 0.2) is 21.5 Å². The van der Waals surface area contributed by atoms with Gasteiger partial charge in [0, 0.05) is 12.6 Å². The zero-order valence-corrected chi connectivity index (χ0v) is 14.2. The zero-order chi connectivity index (χ0) is 15.6. The highest BCUT2D eigenvalue weighted by molar-refractivity contribution is 9.10. The second-order valence-corrected chi connectivity index (χ2v) is 7.67. The van der Waals surface area contributed by atoms with Crippen molar-refractivity contribution in [3.05, 3.63) is 22.4 Å². The number of nitrogens with one attached hydrogen (secondary N) is 1. The number of nitrogens with zero attached hydrogens (tertiary/aromatic N) is 1. The minimum absolute atomic E-state index is 0.0770. The molecule has 1 aliphatic heterocycles. The van der Waals surface area contributed by atoms with Gasteiger partial charge in [0.15, 0.2) is 0 Å². The quantitative estimate of drug-likeness (QED) is 0.766. The number of nitrogen functional groups attached to an aromatic ring is 1. The maximum absolute atomic E-state index is 13.3. The molecule has 1 heterocycles. The smallest absolute Gasteiger partial charge is 0.242 e. The van der Waals surface area contributed by atoms with Crippen LogP contribution in [0.3, 0.4) is 0 Å². The van der Waals surface area contributed by atoms with Gasteiger partial charge in [0.2, 0.25) is 10.0 Å². The van der Waals surface area contributed by atoms with Crippen molar-refractivity contribution in [2.75, 3.05) is 25.4 Å². The highest BCUT2D eigenvalue weighted by atomic mass is 79.9. The zero-order valence-electron chi connectivity index (χ0n) is 11.8. The maximum atomic E-state index is 13.3. The number of benzene rings is 1. The Labute approximate surface area is 132 Å². The number of nitrogens with two attached hydrogens (primary N) is 1. The van der Waals surface area contributed by atoms with Crippen LogP contribution in [0.4, 0.5) is 10.1 Å². The molecule has 1 saturated heterocycles. The Bertz CT molecular complexity index is 624. The number of hydrogen-bond acceptors (Lipinski definition) is 4. The summed E-state index contributed by atoms with van der Waals surface area (Å²) in [6.45, 7) is 4.29. The molecular formula is C13H19BrFN3O2S. The molecule has 3 N–H and O–H groups in total. The Kier molecular flexibility index (Phi) is 5.24. The van der Waals surface area contributed by atoms with Crippen LogP contribution in [0.1, 0.15) is 19.8 Å². The lowest BCUT2D eigenvalue weighted by atomic mass is 10.2. The summed E-state index contributed by atoms with van der Waals surface area (Å²) in [6, 6.07) is 2.40. The van der Waals surface area contributed by atoms with Crippen molar-refractivity contribution in [3.63, 3.8) is 0 Å². The third kappa shape index (κ3) is 3.74. The summed E-state index contributed by atoms with van der Waals surface area (Å²) in [7, 11) is -3.75. The molecule has 0 aliphatic carbocycles. The first-order chi connectivity index (χ1) is 9.85. The number of halogens is 2. The molecule has 0 radical (unpaired) electrons. The van der Waals surface area contributed by atoms with Gasteiger partial charge >= 0.3 is 0 Å². The van der Waals surface area contributed by atoms with Crippen LogP contribution in [0.25, 0.3) is 0 Å². The topological polar surface area (TPSA) is 75.4 Å². The van der Waals surface area contributed by atoms with E-state index in [9.17, 15) is 12.8 Å². The molecule has 5 nitrogen and oxygen atoms in total. The van der Waals surface area contributed by atoms with E-state index in [1.54, 1.807) is 0 Å². The summed E-state index contributed by atoms with van der Waals surface area (Å²) in [5.41, 5.74) is 5.53. The van der Waals surface area contributed by atoms with Crippen molar-refractivity contribution in [2.24, 2.45) is 0 Å². The first kappa shape index (κ1) is 16.7. The van der Waals surface area contributed by atoms with Crippen molar-refractivity contribution in [3.8, 4) is 0 Å². The number of likely N-dealkylation sites (N-methyl/N-ethyl adjacent to an activating group) is 1. The highest BCUT2D eigenvalue weighted by Crippen LogP contribution is 2.26. The van der Waals surface area contributed by atoms with E-state index in [-0.39, 0.29) is 21.1 Å². The molecule has 1 atom stereocenters. The van der Waals surface area contributed by atoms with E-state index < -0.39 is 15.8 Å². The molecule has 0 bridgehead atoms. The second kappa shape index (κ2) is 6.60. The summed E-state index contributed by atoms with van der Waals surface area (Å²) in [5.74, 6) is -0.584. The molecule has 0 saturated carbocycles. The van der Waals surface area contributed by atoms with Gasteiger partial charge in [-0.05, 0) is 54.0 Å². The third-order valence-electron chi connectivity index (χ3n) is 3.76. The van der Waals surface area contributed by atoms with E-state index in [0.29, 0.717) is 6.54 Å². The van der Waals surface area contributed by atoms with Gasteiger partial charge < -0.3 is 5.73 Å². The fraction of sp³-hybridized carbons (Fsp3) is 0.538. The number of likely N-dealkylation sites (tertiary alicyclic amines) is 1. The fourth-order valence-electron chi connectivity index (χ4n) is 2.60. The first-order valence-corrected chi connectivity index (χ1v) is 9.11. The van der Waals surface area contributed by atoms with Crippen molar-refractivity contribution < 1.29 is 12.8 Å². The SMILES string of the molecule is CCN1CCCC1CNS(=O)(=O)c1cc(Br)c(F)cc1N. The van der Waals surface area contributed by atoms with Gasteiger partial charge in [-0.25, -0.2) is 17.5 Å². The largest absolute Gasteiger partial charge is 0.398 e. The Hall–Kier alpha value is -0.700. The molecule has 1 aliphatic rings. The highest BCUT2D eigenvalue weighted by Gasteiger charge is 2.26. The van der Waals surface area contributed by atoms with Gasteiger partial charge in [-0.2, -0.15) is 0 Å². The van der Waals surface area contributed by atoms with Crippen LogP contribution in [-0.2, 0) is 10.0 Å². The molecule has 1 aromatic rings. The average Bonchev–Trinajstić information content (AvgIpc) is 2.88. The average molecular weight is 380 g/mol. The van der Waals surface area contributed by atoms with Gasteiger partial charge in [0.1, 0.15) is 10.7 Å². The van der Waals surface area contributed by atoms with Gasteiger partial charge in [0.25, 0.3) is 0 Å². The Morgan fingerprint density at radius 3 is 2.90 bits per heavy atom. The number of anilines is 1. The van der Waals surface area contributed by atoms with Crippen LogP contribution in [0, 0.1) is 5.82 Å². The van der Waals surface area contributed by atoms with E-state index >= 15 is 0 Å². The number of sulfonamides is 1. The van der Waals surface area contributed by atoms with Crippen molar-refractivity contribution in [1.29, 1.82) is 0 Å². The molecule has 0 amide bonds. The van der Waals surface area contributed by atoms with Gasteiger partial charge in [0.05, 0.1) is 10.2 Å². The first-order valence-electron chi connectivity index (χ1n) is 6.83. The Morgan fingerprint density at radius 2 is 2.24 bits per heavy atom.